The first-order valence-corrected chi connectivity index (χ1v) is 6.38. The molecule has 2 heteroatoms. The molecule has 0 radical (unpaired) electrons. The van der Waals surface area contributed by atoms with Crippen molar-refractivity contribution in [2.24, 2.45) is 0 Å². The Morgan fingerprint density at radius 1 is 1.00 bits per heavy atom. The molecule has 2 aromatic rings. The van der Waals surface area contributed by atoms with Gasteiger partial charge < -0.3 is 5.11 Å². The molecule has 1 heterocycles. The van der Waals surface area contributed by atoms with E-state index in [2.05, 4.69) is 29.2 Å². The van der Waals surface area contributed by atoms with Crippen LogP contribution >= 0.6 is 0 Å². The molecule has 18 heavy (non-hydrogen) atoms. The highest BCUT2D eigenvalue weighted by molar-refractivity contribution is 5.36. The number of benzene rings is 2. The highest BCUT2D eigenvalue weighted by Gasteiger charge is 2.16. The normalized spacial score (nSPS) is 15.3. The van der Waals surface area contributed by atoms with Gasteiger partial charge in [-0.25, -0.2) is 0 Å². The maximum absolute atomic E-state index is 9.55. The minimum Gasteiger partial charge on any atom is -0.508 e. The summed E-state index contributed by atoms with van der Waals surface area (Å²) in [6.07, 6.45) is 1.07. The largest absolute Gasteiger partial charge is 0.508 e. The smallest absolute Gasteiger partial charge is 0.115 e. The topological polar surface area (TPSA) is 23.5 Å². The molecule has 2 nitrogen and oxygen atoms in total. The second kappa shape index (κ2) is 4.83. The van der Waals surface area contributed by atoms with Gasteiger partial charge in [-0.2, -0.15) is 0 Å². The van der Waals surface area contributed by atoms with E-state index in [4.69, 9.17) is 0 Å². The van der Waals surface area contributed by atoms with Gasteiger partial charge in [-0.05, 0) is 35.2 Å². The van der Waals surface area contributed by atoms with E-state index in [1.54, 1.807) is 6.07 Å². The predicted octanol–water partition coefficient (Wildman–Crippen LogP) is 2.95. The van der Waals surface area contributed by atoms with Crippen LogP contribution in [0.4, 0.5) is 0 Å². The van der Waals surface area contributed by atoms with Gasteiger partial charge in [0, 0.05) is 19.6 Å². The van der Waals surface area contributed by atoms with E-state index in [1.807, 2.05) is 18.2 Å². The fourth-order valence-corrected chi connectivity index (χ4v) is 2.58. The molecule has 0 amide bonds. The zero-order valence-electron chi connectivity index (χ0n) is 10.3. The number of nitrogens with zero attached hydrogens (tertiary/aromatic N) is 1. The van der Waals surface area contributed by atoms with Crippen molar-refractivity contribution in [2.75, 3.05) is 6.54 Å². The molecule has 0 aliphatic carbocycles. The maximum Gasteiger partial charge on any atom is 0.115 e. The summed E-state index contributed by atoms with van der Waals surface area (Å²) in [5, 5.41) is 9.55. The summed E-state index contributed by atoms with van der Waals surface area (Å²) >= 11 is 0. The van der Waals surface area contributed by atoms with Crippen LogP contribution in [0, 0.1) is 0 Å². The van der Waals surface area contributed by atoms with Gasteiger partial charge in [0.15, 0.2) is 0 Å². The van der Waals surface area contributed by atoms with Crippen LogP contribution < -0.4 is 0 Å². The Hall–Kier alpha value is -1.80. The van der Waals surface area contributed by atoms with Crippen molar-refractivity contribution in [3.8, 4) is 5.75 Å². The number of phenols is 1. The Balaban J connectivity index is 1.75. The summed E-state index contributed by atoms with van der Waals surface area (Å²) < 4.78 is 0. The van der Waals surface area contributed by atoms with Crippen molar-refractivity contribution in [3.63, 3.8) is 0 Å². The zero-order valence-corrected chi connectivity index (χ0v) is 10.3. The maximum atomic E-state index is 9.55. The molecular weight excluding hydrogens is 222 g/mol. The highest BCUT2D eigenvalue weighted by atomic mass is 16.3. The van der Waals surface area contributed by atoms with E-state index < -0.39 is 0 Å². The lowest BCUT2D eigenvalue weighted by atomic mass is 9.99. The van der Waals surface area contributed by atoms with E-state index in [0.29, 0.717) is 5.75 Å². The van der Waals surface area contributed by atoms with Crippen molar-refractivity contribution in [2.45, 2.75) is 19.5 Å². The van der Waals surface area contributed by atoms with Crippen LogP contribution in [-0.4, -0.2) is 16.6 Å². The summed E-state index contributed by atoms with van der Waals surface area (Å²) in [6.45, 7) is 3.00. The average Bonchev–Trinajstić information content (AvgIpc) is 2.39. The van der Waals surface area contributed by atoms with Gasteiger partial charge in [-0.15, -0.1) is 0 Å². The number of aromatic hydroxyl groups is 1. The van der Waals surface area contributed by atoms with Crippen LogP contribution in [0.5, 0.6) is 5.75 Å². The zero-order chi connectivity index (χ0) is 12.4. The van der Waals surface area contributed by atoms with Crippen LogP contribution in [0.3, 0.4) is 0 Å². The Bertz CT molecular complexity index is 536. The van der Waals surface area contributed by atoms with E-state index in [1.165, 1.54) is 16.7 Å². The Morgan fingerprint density at radius 2 is 1.83 bits per heavy atom. The van der Waals surface area contributed by atoms with Crippen molar-refractivity contribution < 1.29 is 5.11 Å². The Kier molecular flexibility index (Phi) is 3.03. The molecule has 2 aromatic carbocycles. The number of hydrogen-bond acceptors (Lipinski definition) is 2. The molecule has 0 spiro atoms. The van der Waals surface area contributed by atoms with Gasteiger partial charge >= 0.3 is 0 Å². The van der Waals surface area contributed by atoms with Crippen molar-refractivity contribution in [1.29, 1.82) is 0 Å². The first-order valence-electron chi connectivity index (χ1n) is 6.38. The summed E-state index contributed by atoms with van der Waals surface area (Å²) in [7, 11) is 0. The molecule has 92 valence electrons. The molecule has 0 saturated heterocycles. The molecule has 3 rings (SSSR count). The van der Waals surface area contributed by atoms with Crippen LogP contribution in [-0.2, 0) is 19.5 Å². The van der Waals surface area contributed by atoms with Crippen LogP contribution in [0.2, 0.25) is 0 Å². The van der Waals surface area contributed by atoms with Crippen LogP contribution in [0.15, 0.2) is 48.5 Å². The third kappa shape index (κ3) is 2.39. The van der Waals surface area contributed by atoms with Crippen LogP contribution in [0.25, 0.3) is 0 Å². The second-order valence-electron chi connectivity index (χ2n) is 4.90. The molecule has 0 saturated carbocycles. The lowest BCUT2D eigenvalue weighted by Gasteiger charge is -2.28. The third-order valence-electron chi connectivity index (χ3n) is 3.53. The first-order chi connectivity index (χ1) is 8.81. The van der Waals surface area contributed by atoms with Gasteiger partial charge in [-0.1, -0.05) is 36.4 Å². The second-order valence-corrected chi connectivity index (χ2v) is 4.90. The van der Waals surface area contributed by atoms with Crippen LogP contribution in [0.1, 0.15) is 16.7 Å². The monoisotopic (exact) mass is 239 g/mol. The average molecular weight is 239 g/mol. The van der Waals surface area contributed by atoms with Gasteiger partial charge in [0.05, 0.1) is 0 Å². The Labute approximate surface area is 107 Å². The number of phenolic OH excluding ortho intramolecular Hbond substituents is 1. The van der Waals surface area contributed by atoms with Gasteiger partial charge in [0.2, 0.25) is 0 Å². The predicted molar refractivity (Wildman–Crippen MR) is 72.4 cm³/mol. The molecule has 0 bridgehead atoms. The summed E-state index contributed by atoms with van der Waals surface area (Å²) in [5.74, 6) is 0.371. The standard InChI is InChI=1S/C16H17NO/c18-16-7-6-14-8-9-17(12-15(14)10-16)11-13-4-2-1-3-5-13/h1-7,10,18H,8-9,11-12H2. The van der Waals surface area contributed by atoms with E-state index in [9.17, 15) is 5.11 Å². The van der Waals surface area contributed by atoms with Gasteiger partial charge in [0.25, 0.3) is 0 Å². The molecule has 1 aliphatic heterocycles. The fraction of sp³-hybridized carbons (Fsp3) is 0.250. The van der Waals surface area contributed by atoms with E-state index >= 15 is 0 Å². The van der Waals surface area contributed by atoms with E-state index in [0.717, 1.165) is 26.1 Å². The summed E-state index contributed by atoms with van der Waals surface area (Å²) in [4.78, 5) is 2.43. The number of hydrogen-bond donors (Lipinski definition) is 1. The lowest BCUT2D eigenvalue weighted by molar-refractivity contribution is 0.245. The molecule has 0 unspecified atom stereocenters. The van der Waals surface area contributed by atoms with Crippen molar-refractivity contribution >= 4 is 0 Å². The number of rotatable bonds is 2. The Morgan fingerprint density at radius 3 is 2.67 bits per heavy atom. The first kappa shape index (κ1) is 11.3. The molecule has 0 aromatic heterocycles. The lowest BCUT2D eigenvalue weighted by Crippen LogP contribution is -2.29. The fourth-order valence-electron chi connectivity index (χ4n) is 2.58. The molecule has 0 fully saturated rings. The van der Waals surface area contributed by atoms with Crippen molar-refractivity contribution in [3.05, 3.63) is 65.2 Å². The molecule has 0 atom stereocenters. The third-order valence-corrected chi connectivity index (χ3v) is 3.53. The minimum atomic E-state index is 0.371. The molecular formula is C16H17NO. The molecule has 1 aliphatic rings. The number of fused-ring (bicyclic) bond motifs is 1. The summed E-state index contributed by atoms with van der Waals surface area (Å²) in [5.41, 5.74) is 3.98. The van der Waals surface area contributed by atoms with Gasteiger partial charge in [-0.3, -0.25) is 4.90 Å². The van der Waals surface area contributed by atoms with E-state index in [-0.39, 0.29) is 0 Å². The quantitative estimate of drug-likeness (QED) is 0.871. The molecule has 1 N–H and O–H groups in total. The van der Waals surface area contributed by atoms with Crippen molar-refractivity contribution in [1.82, 2.24) is 4.90 Å². The SMILES string of the molecule is Oc1ccc2c(c1)CN(Cc1ccccc1)CC2. The summed E-state index contributed by atoms with van der Waals surface area (Å²) in [6, 6.07) is 16.3. The minimum absolute atomic E-state index is 0.371. The van der Waals surface area contributed by atoms with Gasteiger partial charge in [0.1, 0.15) is 5.75 Å². The highest BCUT2D eigenvalue weighted by Crippen LogP contribution is 2.24.